The smallest absolute Gasteiger partial charge is 0.303 e. The molecule has 0 saturated heterocycles. The van der Waals surface area contributed by atoms with Gasteiger partial charge in [-0.2, -0.15) is 0 Å². The molecule has 0 N–H and O–H groups in total. The summed E-state index contributed by atoms with van der Waals surface area (Å²) in [6.45, 7) is 5.45. The lowest BCUT2D eigenvalue weighted by molar-refractivity contribution is -0.144. The van der Waals surface area contributed by atoms with E-state index in [0.29, 0.717) is 0 Å². The zero-order chi connectivity index (χ0) is 10.8. The monoisotopic (exact) mass is 202 g/mol. The van der Waals surface area contributed by atoms with Gasteiger partial charge in [-0.25, -0.2) is 0 Å². The molecule has 2 rings (SSSR count). The molecule has 15 heavy (non-hydrogen) atoms. The largest absolute Gasteiger partial charge is 0.458 e. The highest BCUT2D eigenvalue weighted by atomic mass is 16.5. The Hall–Kier alpha value is -1.57. The number of carbonyl (C=O) groups is 1. The van der Waals surface area contributed by atoms with E-state index in [1.54, 1.807) is 0 Å². The van der Waals surface area contributed by atoms with Crippen molar-refractivity contribution in [1.29, 1.82) is 0 Å². The number of hydrogen-bond acceptors (Lipinski definition) is 2. The molecular weight excluding hydrogens is 188 g/mol. The van der Waals surface area contributed by atoms with Crippen LogP contribution in [0.3, 0.4) is 0 Å². The van der Waals surface area contributed by atoms with Gasteiger partial charge in [0.25, 0.3) is 0 Å². The van der Waals surface area contributed by atoms with E-state index in [0.717, 1.165) is 24.0 Å². The molecule has 1 aromatic carbocycles. The van der Waals surface area contributed by atoms with Gasteiger partial charge in [0.15, 0.2) is 0 Å². The van der Waals surface area contributed by atoms with Gasteiger partial charge in [-0.15, -0.1) is 0 Å². The van der Waals surface area contributed by atoms with Gasteiger partial charge in [0.1, 0.15) is 6.10 Å². The van der Waals surface area contributed by atoms with Crippen LogP contribution in [-0.4, -0.2) is 12.1 Å². The topological polar surface area (TPSA) is 26.3 Å². The van der Waals surface area contributed by atoms with Crippen LogP contribution >= 0.6 is 0 Å². The van der Waals surface area contributed by atoms with Crippen molar-refractivity contribution in [2.24, 2.45) is 0 Å². The predicted molar refractivity (Wildman–Crippen MR) is 59.4 cm³/mol. The van der Waals surface area contributed by atoms with Crippen molar-refractivity contribution in [1.82, 2.24) is 0 Å². The molecule has 1 atom stereocenters. The van der Waals surface area contributed by atoms with Crippen molar-refractivity contribution in [2.75, 3.05) is 0 Å². The van der Waals surface area contributed by atoms with E-state index in [1.165, 1.54) is 12.5 Å². The summed E-state index contributed by atoms with van der Waals surface area (Å²) < 4.78 is 5.22. The lowest BCUT2D eigenvalue weighted by Crippen LogP contribution is -2.22. The molecule has 2 nitrogen and oxygen atoms in total. The Morgan fingerprint density at radius 3 is 2.93 bits per heavy atom. The number of carbonyl (C=O) groups excluding carboxylic acids is 1. The van der Waals surface area contributed by atoms with Crippen LogP contribution in [0.2, 0.25) is 0 Å². The number of aryl methyl sites for hydroxylation is 1. The highest BCUT2D eigenvalue weighted by Gasteiger charge is 2.23. The molecule has 0 saturated carbocycles. The number of hydrogen-bond donors (Lipinski definition) is 0. The lowest BCUT2D eigenvalue weighted by Gasteiger charge is -2.26. The van der Waals surface area contributed by atoms with Crippen LogP contribution in [0.25, 0.3) is 5.57 Å². The molecule has 0 heterocycles. The van der Waals surface area contributed by atoms with Crippen molar-refractivity contribution in [3.05, 3.63) is 42.0 Å². The van der Waals surface area contributed by atoms with Crippen molar-refractivity contribution in [2.45, 2.75) is 25.9 Å². The second-order valence-electron chi connectivity index (χ2n) is 3.82. The fourth-order valence-corrected chi connectivity index (χ4v) is 2.02. The number of esters is 1. The maximum absolute atomic E-state index is 10.9. The van der Waals surface area contributed by atoms with Gasteiger partial charge in [0.2, 0.25) is 0 Å². The van der Waals surface area contributed by atoms with Crippen LogP contribution in [0.4, 0.5) is 0 Å². The Balaban J connectivity index is 2.26. The van der Waals surface area contributed by atoms with Gasteiger partial charge in [-0.3, -0.25) is 4.79 Å². The number of benzene rings is 1. The maximum atomic E-state index is 10.9. The molecule has 2 heteroatoms. The van der Waals surface area contributed by atoms with Crippen molar-refractivity contribution in [3.63, 3.8) is 0 Å². The van der Waals surface area contributed by atoms with E-state index in [1.807, 2.05) is 18.2 Å². The van der Waals surface area contributed by atoms with E-state index in [4.69, 9.17) is 4.74 Å². The highest BCUT2D eigenvalue weighted by molar-refractivity contribution is 5.74. The summed E-state index contributed by atoms with van der Waals surface area (Å²) in [6.07, 6.45) is 1.65. The lowest BCUT2D eigenvalue weighted by atomic mass is 9.86. The Morgan fingerprint density at radius 2 is 2.20 bits per heavy atom. The second kappa shape index (κ2) is 3.89. The average Bonchev–Trinajstić information content (AvgIpc) is 2.22. The highest BCUT2D eigenvalue weighted by Crippen LogP contribution is 2.31. The molecule has 0 fully saturated rings. The molecule has 0 radical (unpaired) electrons. The van der Waals surface area contributed by atoms with Crippen LogP contribution in [0.5, 0.6) is 0 Å². The first-order valence-corrected chi connectivity index (χ1v) is 5.13. The van der Waals surface area contributed by atoms with E-state index in [2.05, 4.69) is 12.6 Å². The molecule has 0 amide bonds. The molecule has 78 valence electrons. The molecule has 1 aliphatic rings. The summed E-state index contributed by atoms with van der Waals surface area (Å²) in [6, 6.07) is 8.15. The van der Waals surface area contributed by atoms with Gasteiger partial charge in [0.05, 0.1) is 0 Å². The standard InChI is InChI=1S/C13H14O2/c1-9-12-6-4-3-5-11(12)7-8-13(9)15-10(2)14/h3-6,13H,1,7-8H2,2H3. The van der Waals surface area contributed by atoms with E-state index < -0.39 is 0 Å². The normalized spacial score (nSPS) is 19.5. The third kappa shape index (κ3) is 1.94. The molecule has 1 aliphatic carbocycles. The molecule has 1 unspecified atom stereocenters. The van der Waals surface area contributed by atoms with Crippen LogP contribution < -0.4 is 0 Å². The minimum Gasteiger partial charge on any atom is -0.458 e. The van der Waals surface area contributed by atoms with Crippen LogP contribution in [-0.2, 0) is 16.0 Å². The zero-order valence-electron chi connectivity index (χ0n) is 8.82. The first-order valence-electron chi connectivity index (χ1n) is 5.13. The summed E-state index contributed by atoms with van der Waals surface area (Å²) in [5.41, 5.74) is 3.35. The first kappa shape index (κ1) is 9.97. The average molecular weight is 202 g/mol. The van der Waals surface area contributed by atoms with Gasteiger partial charge in [0, 0.05) is 6.92 Å². The second-order valence-corrected chi connectivity index (χ2v) is 3.82. The third-order valence-electron chi connectivity index (χ3n) is 2.74. The molecule has 0 spiro atoms. The van der Waals surface area contributed by atoms with Crippen LogP contribution in [0.15, 0.2) is 30.8 Å². The summed E-state index contributed by atoms with van der Waals surface area (Å²) in [5.74, 6) is -0.236. The summed E-state index contributed by atoms with van der Waals surface area (Å²) in [5, 5.41) is 0. The van der Waals surface area contributed by atoms with Gasteiger partial charge < -0.3 is 4.74 Å². The fourth-order valence-electron chi connectivity index (χ4n) is 2.02. The Kier molecular flexibility index (Phi) is 2.58. The van der Waals surface area contributed by atoms with Crippen LogP contribution in [0, 0.1) is 0 Å². The van der Waals surface area contributed by atoms with Crippen molar-refractivity contribution < 1.29 is 9.53 Å². The molecular formula is C13H14O2. The van der Waals surface area contributed by atoms with Gasteiger partial charge in [-0.1, -0.05) is 30.8 Å². The van der Waals surface area contributed by atoms with Crippen LogP contribution in [0.1, 0.15) is 24.5 Å². The Morgan fingerprint density at radius 1 is 1.47 bits per heavy atom. The van der Waals surface area contributed by atoms with Crippen molar-refractivity contribution in [3.8, 4) is 0 Å². The minimum absolute atomic E-state index is 0.141. The summed E-state index contributed by atoms with van der Waals surface area (Å²) in [4.78, 5) is 10.9. The maximum Gasteiger partial charge on any atom is 0.303 e. The zero-order valence-corrected chi connectivity index (χ0v) is 8.82. The number of fused-ring (bicyclic) bond motifs is 1. The summed E-state index contributed by atoms with van der Waals surface area (Å²) in [7, 11) is 0. The van der Waals surface area contributed by atoms with Gasteiger partial charge >= 0.3 is 5.97 Å². The Labute approximate surface area is 89.6 Å². The van der Waals surface area contributed by atoms with Gasteiger partial charge in [-0.05, 0) is 29.5 Å². The number of rotatable bonds is 1. The fraction of sp³-hybridized carbons (Fsp3) is 0.308. The first-order chi connectivity index (χ1) is 7.18. The Bertz CT molecular complexity index is 407. The van der Waals surface area contributed by atoms with E-state index >= 15 is 0 Å². The number of ether oxygens (including phenoxy) is 1. The minimum atomic E-state index is -0.236. The molecule has 0 bridgehead atoms. The van der Waals surface area contributed by atoms with E-state index in [9.17, 15) is 4.79 Å². The predicted octanol–water partition coefficient (Wildman–Crippen LogP) is 2.58. The molecule has 0 aliphatic heterocycles. The molecule has 1 aromatic rings. The summed E-state index contributed by atoms with van der Waals surface area (Å²) >= 11 is 0. The van der Waals surface area contributed by atoms with Crippen molar-refractivity contribution >= 4 is 11.5 Å². The van der Waals surface area contributed by atoms with E-state index in [-0.39, 0.29) is 12.1 Å². The molecule has 0 aromatic heterocycles. The SMILES string of the molecule is C=C1c2ccccc2CCC1OC(C)=O. The quantitative estimate of drug-likeness (QED) is 0.654. The third-order valence-corrected chi connectivity index (χ3v) is 2.74.